The molecule has 0 aromatic heterocycles. The first-order valence-electron chi connectivity index (χ1n) is 5.66. The first kappa shape index (κ1) is 11.8. The van der Waals surface area contributed by atoms with E-state index < -0.39 is 6.10 Å². The number of nitrogens with zero attached hydrogens (tertiary/aromatic N) is 1. The van der Waals surface area contributed by atoms with E-state index in [0.29, 0.717) is 12.0 Å². The Morgan fingerprint density at radius 2 is 2.12 bits per heavy atom. The molecule has 0 saturated heterocycles. The van der Waals surface area contributed by atoms with Crippen molar-refractivity contribution < 1.29 is 14.7 Å². The molecule has 1 N–H and O–H groups in total. The fraction of sp³-hybridized carbons (Fsp3) is 0.385. The Hall–Kier alpha value is -1.68. The van der Waals surface area contributed by atoms with E-state index in [0.717, 1.165) is 16.0 Å². The monoisotopic (exact) mass is 233 g/mol. The molecule has 0 unspecified atom stereocenters. The minimum atomic E-state index is -0.559. The fourth-order valence-electron chi connectivity index (χ4n) is 1.97. The average molecular weight is 233 g/mol. The predicted molar refractivity (Wildman–Crippen MR) is 62.5 cm³/mol. The number of carbonyl (C=O) groups excluding carboxylic acids is 2. The number of hydrogen-bond donors (Lipinski definition) is 1. The molecule has 2 rings (SSSR count). The van der Waals surface area contributed by atoms with E-state index in [2.05, 4.69) is 0 Å². The maximum Gasteiger partial charge on any atom is 0.260 e. The van der Waals surface area contributed by atoms with Crippen LogP contribution in [0.5, 0.6) is 0 Å². The van der Waals surface area contributed by atoms with E-state index >= 15 is 0 Å². The van der Waals surface area contributed by atoms with Crippen LogP contribution in [0, 0.1) is 0 Å². The third kappa shape index (κ3) is 1.96. The zero-order valence-electron chi connectivity index (χ0n) is 9.93. The topological polar surface area (TPSA) is 57.6 Å². The van der Waals surface area contributed by atoms with Crippen molar-refractivity contribution in [2.24, 2.45) is 0 Å². The van der Waals surface area contributed by atoms with Gasteiger partial charge in [-0.05, 0) is 23.6 Å². The summed E-state index contributed by atoms with van der Waals surface area (Å²) < 4.78 is 0. The van der Waals surface area contributed by atoms with Crippen molar-refractivity contribution in [3.63, 3.8) is 0 Å². The minimum Gasteiger partial charge on any atom is -0.388 e. The summed E-state index contributed by atoms with van der Waals surface area (Å²) in [7, 11) is 1.48. The number of likely N-dealkylation sites (N-methyl/N-ethyl adjacent to an activating group) is 1. The minimum absolute atomic E-state index is 0.189. The van der Waals surface area contributed by atoms with E-state index in [1.54, 1.807) is 18.2 Å². The lowest BCUT2D eigenvalue weighted by Gasteiger charge is -2.24. The number of carbonyl (C=O) groups is 2. The highest BCUT2D eigenvalue weighted by molar-refractivity contribution is 6.09. The summed E-state index contributed by atoms with van der Waals surface area (Å²) in [5.41, 5.74) is 1.99. The highest BCUT2D eigenvalue weighted by atomic mass is 16.3. The van der Waals surface area contributed by atoms with Crippen molar-refractivity contribution in [2.75, 3.05) is 7.05 Å². The molecule has 4 nitrogen and oxygen atoms in total. The van der Waals surface area contributed by atoms with Gasteiger partial charge >= 0.3 is 0 Å². The standard InChI is InChI=1S/C13H15NO3/c1-3-11(15)9-5-4-8-7-12(16)14(2)13(17)10(8)6-9/h4-6,11,15H,3,7H2,1-2H3/t11-/m1/s1. The Bertz CT molecular complexity index is 482. The molecule has 4 heteroatoms. The molecule has 0 bridgehead atoms. The van der Waals surface area contributed by atoms with Crippen LogP contribution in [-0.4, -0.2) is 28.9 Å². The highest BCUT2D eigenvalue weighted by Gasteiger charge is 2.28. The quantitative estimate of drug-likeness (QED) is 0.783. The van der Waals surface area contributed by atoms with Crippen LogP contribution < -0.4 is 0 Å². The predicted octanol–water partition coefficient (Wildman–Crippen LogP) is 1.28. The number of benzene rings is 1. The fourth-order valence-corrected chi connectivity index (χ4v) is 1.97. The Labute approximate surface area is 99.9 Å². The summed E-state index contributed by atoms with van der Waals surface area (Å²) in [5.74, 6) is -0.479. The van der Waals surface area contributed by atoms with E-state index in [4.69, 9.17) is 0 Å². The van der Waals surface area contributed by atoms with Gasteiger partial charge in [0.25, 0.3) is 5.91 Å². The van der Waals surface area contributed by atoms with E-state index in [-0.39, 0.29) is 18.2 Å². The number of fused-ring (bicyclic) bond motifs is 1. The summed E-state index contributed by atoms with van der Waals surface area (Å²) in [6, 6.07) is 5.22. The van der Waals surface area contributed by atoms with Gasteiger partial charge in [-0.15, -0.1) is 0 Å². The van der Waals surface area contributed by atoms with E-state index in [1.165, 1.54) is 7.05 Å². The molecule has 0 spiro atoms. The molecular weight excluding hydrogens is 218 g/mol. The van der Waals surface area contributed by atoms with Gasteiger partial charge in [-0.3, -0.25) is 14.5 Å². The van der Waals surface area contributed by atoms with Crippen molar-refractivity contribution in [3.8, 4) is 0 Å². The largest absolute Gasteiger partial charge is 0.388 e. The second-order valence-electron chi connectivity index (χ2n) is 4.28. The first-order chi connectivity index (χ1) is 8.04. The smallest absolute Gasteiger partial charge is 0.260 e. The summed E-state index contributed by atoms with van der Waals surface area (Å²) in [5, 5.41) is 9.74. The molecule has 0 fully saturated rings. The van der Waals surface area contributed by atoms with Gasteiger partial charge < -0.3 is 5.11 Å². The Morgan fingerprint density at radius 3 is 2.76 bits per heavy atom. The summed E-state index contributed by atoms with van der Waals surface area (Å²) in [4.78, 5) is 24.5. The molecule has 1 atom stereocenters. The molecule has 90 valence electrons. The molecule has 2 amide bonds. The molecule has 1 aromatic rings. The van der Waals surface area contributed by atoms with Crippen LogP contribution in [0.2, 0.25) is 0 Å². The molecule has 1 aliphatic rings. The van der Waals surface area contributed by atoms with Gasteiger partial charge in [0.2, 0.25) is 5.91 Å². The van der Waals surface area contributed by atoms with Crippen LogP contribution in [-0.2, 0) is 11.2 Å². The molecule has 0 aliphatic carbocycles. The SMILES string of the molecule is CC[C@@H](O)c1ccc2c(c1)C(=O)N(C)C(=O)C2. The van der Waals surface area contributed by atoms with Crippen molar-refractivity contribution in [3.05, 3.63) is 34.9 Å². The second-order valence-corrected chi connectivity index (χ2v) is 4.28. The van der Waals surface area contributed by atoms with Crippen LogP contribution in [0.3, 0.4) is 0 Å². The number of rotatable bonds is 2. The number of amides is 2. The zero-order valence-corrected chi connectivity index (χ0v) is 9.93. The number of hydrogen-bond acceptors (Lipinski definition) is 3. The van der Waals surface area contributed by atoms with Crippen molar-refractivity contribution >= 4 is 11.8 Å². The normalized spacial score (nSPS) is 17.0. The molecule has 1 heterocycles. The molecule has 1 aliphatic heterocycles. The molecule has 0 saturated carbocycles. The van der Waals surface area contributed by atoms with Crippen LogP contribution >= 0.6 is 0 Å². The second kappa shape index (κ2) is 4.30. The first-order valence-corrected chi connectivity index (χ1v) is 5.66. The lowest BCUT2D eigenvalue weighted by molar-refractivity contribution is -0.127. The van der Waals surface area contributed by atoms with Gasteiger partial charge in [0, 0.05) is 12.6 Å². The van der Waals surface area contributed by atoms with Gasteiger partial charge in [-0.25, -0.2) is 0 Å². The molecular formula is C13H15NO3. The zero-order chi connectivity index (χ0) is 12.6. The lowest BCUT2D eigenvalue weighted by atomic mass is 9.94. The summed E-state index contributed by atoms with van der Waals surface area (Å²) in [6.07, 6.45) is 0.290. The van der Waals surface area contributed by atoms with Crippen LogP contribution in [0.25, 0.3) is 0 Å². The third-order valence-corrected chi connectivity index (χ3v) is 3.16. The van der Waals surface area contributed by atoms with Crippen LogP contribution in [0.15, 0.2) is 18.2 Å². The van der Waals surface area contributed by atoms with Crippen molar-refractivity contribution in [2.45, 2.75) is 25.9 Å². The average Bonchev–Trinajstić information content (AvgIpc) is 2.35. The summed E-state index contributed by atoms with van der Waals surface area (Å²) >= 11 is 0. The van der Waals surface area contributed by atoms with Gasteiger partial charge in [-0.2, -0.15) is 0 Å². The van der Waals surface area contributed by atoms with Crippen LogP contribution in [0.1, 0.15) is 40.9 Å². The Balaban J connectivity index is 2.45. The van der Waals surface area contributed by atoms with Gasteiger partial charge in [0.15, 0.2) is 0 Å². The van der Waals surface area contributed by atoms with Gasteiger partial charge in [0.1, 0.15) is 0 Å². The number of imide groups is 1. The van der Waals surface area contributed by atoms with Crippen LogP contribution in [0.4, 0.5) is 0 Å². The van der Waals surface area contributed by atoms with Gasteiger partial charge in [-0.1, -0.05) is 19.1 Å². The van der Waals surface area contributed by atoms with Gasteiger partial charge in [0.05, 0.1) is 12.5 Å². The number of aliphatic hydroxyl groups excluding tert-OH is 1. The summed E-state index contributed by atoms with van der Waals surface area (Å²) in [6.45, 7) is 1.88. The molecule has 0 radical (unpaired) electrons. The maximum absolute atomic E-state index is 11.9. The highest BCUT2D eigenvalue weighted by Crippen LogP contribution is 2.24. The molecule has 1 aromatic carbocycles. The number of aliphatic hydroxyl groups is 1. The van der Waals surface area contributed by atoms with Crippen molar-refractivity contribution in [1.82, 2.24) is 4.90 Å². The van der Waals surface area contributed by atoms with E-state index in [1.807, 2.05) is 6.92 Å². The lowest BCUT2D eigenvalue weighted by Crippen LogP contribution is -2.39. The van der Waals surface area contributed by atoms with E-state index in [9.17, 15) is 14.7 Å². The van der Waals surface area contributed by atoms with Crippen molar-refractivity contribution in [1.29, 1.82) is 0 Å². The Morgan fingerprint density at radius 1 is 1.41 bits per heavy atom. The third-order valence-electron chi connectivity index (χ3n) is 3.16. The maximum atomic E-state index is 11.9. The Kier molecular flexibility index (Phi) is 2.98. The molecule has 17 heavy (non-hydrogen) atoms.